The van der Waals surface area contributed by atoms with E-state index in [4.69, 9.17) is 9.47 Å². The number of halogens is 2. The third kappa shape index (κ3) is 7.75. The number of hydrogen-bond donors (Lipinski definition) is 0. The summed E-state index contributed by atoms with van der Waals surface area (Å²) >= 11 is 0. The van der Waals surface area contributed by atoms with Gasteiger partial charge in [-0.3, -0.25) is 0 Å². The molecule has 2 nitrogen and oxygen atoms in total. The lowest BCUT2D eigenvalue weighted by Gasteiger charge is -2.39. The Hall–Kier alpha value is -0.480. The van der Waals surface area contributed by atoms with Gasteiger partial charge < -0.3 is 9.47 Å². The second-order valence-corrected chi connectivity index (χ2v) is 11.8. The minimum Gasteiger partial charge on any atom is -0.379 e. The van der Waals surface area contributed by atoms with Gasteiger partial charge in [0, 0.05) is 12.7 Å². The van der Waals surface area contributed by atoms with Crippen molar-refractivity contribution in [2.75, 3.05) is 13.2 Å². The Labute approximate surface area is 201 Å². The average molecular weight is 467 g/mol. The molecule has 4 fully saturated rings. The molecule has 4 heteroatoms. The quantitative estimate of drug-likeness (QED) is 0.357. The first-order valence-corrected chi connectivity index (χ1v) is 14.4. The van der Waals surface area contributed by atoms with Gasteiger partial charge in [-0.25, -0.2) is 0 Å². The van der Waals surface area contributed by atoms with Gasteiger partial charge in [0.15, 0.2) is 0 Å². The lowest BCUT2D eigenvalue weighted by Crippen LogP contribution is -2.32. The molecule has 0 amide bonds. The molecular weight excluding hydrogens is 418 g/mol. The molecule has 0 aromatic rings. The van der Waals surface area contributed by atoms with Crippen LogP contribution in [0.4, 0.5) is 8.78 Å². The average Bonchev–Trinajstić information content (AvgIpc) is 2.84. The first-order valence-electron chi connectivity index (χ1n) is 14.4. The monoisotopic (exact) mass is 466 g/mol. The van der Waals surface area contributed by atoms with Gasteiger partial charge in [-0.05, 0) is 107 Å². The Kier molecular flexibility index (Phi) is 10.1. The van der Waals surface area contributed by atoms with Gasteiger partial charge in [-0.1, -0.05) is 38.5 Å². The first kappa shape index (κ1) is 25.6. The van der Waals surface area contributed by atoms with E-state index in [9.17, 15) is 8.78 Å². The van der Waals surface area contributed by atoms with Crippen molar-refractivity contribution in [2.24, 2.45) is 35.5 Å². The summed E-state index contributed by atoms with van der Waals surface area (Å²) in [4.78, 5) is 0. The van der Waals surface area contributed by atoms with Crippen LogP contribution in [-0.2, 0) is 9.47 Å². The molecule has 0 spiro atoms. The van der Waals surface area contributed by atoms with Gasteiger partial charge >= 0.3 is 0 Å². The zero-order chi connectivity index (χ0) is 23.0. The van der Waals surface area contributed by atoms with Gasteiger partial charge in [-0.2, -0.15) is 8.78 Å². The SMILES string of the molecule is CCOC1CCC(C2CCC(CCC3CCC(C4CCC(C=C(F)F)OC4)CC3)CC2)CC1. The van der Waals surface area contributed by atoms with E-state index in [1.807, 2.05) is 0 Å². The third-order valence-electron chi connectivity index (χ3n) is 9.88. The molecule has 2 unspecified atom stereocenters. The molecule has 33 heavy (non-hydrogen) atoms. The number of rotatable bonds is 8. The van der Waals surface area contributed by atoms with Crippen molar-refractivity contribution < 1.29 is 18.3 Å². The second-order valence-electron chi connectivity index (χ2n) is 11.8. The second kappa shape index (κ2) is 13.0. The van der Waals surface area contributed by atoms with Crippen LogP contribution in [0.3, 0.4) is 0 Å². The van der Waals surface area contributed by atoms with Crippen LogP contribution in [0.1, 0.15) is 110 Å². The van der Waals surface area contributed by atoms with E-state index in [1.54, 1.807) is 0 Å². The normalized spacial score (nSPS) is 40.3. The van der Waals surface area contributed by atoms with Crippen LogP contribution in [0.25, 0.3) is 0 Å². The summed E-state index contributed by atoms with van der Waals surface area (Å²) in [7, 11) is 0. The largest absolute Gasteiger partial charge is 0.379 e. The maximum Gasteiger partial charge on any atom is 0.268 e. The van der Waals surface area contributed by atoms with Gasteiger partial charge in [0.1, 0.15) is 0 Å². The van der Waals surface area contributed by atoms with E-state index < -0.39 is 6.08 Å². The van der Waals surface area contributed by atoms with Gasteiger partial charge in [0.25, 0.3) is 6.08 Å². The molecule has 0 radical (unpaired) electrons. The molecule has 1 heterocycles. The van der Waals surface area contributed by atoms with Crippen LogP contribution >= 0.6 is 0 Å². The van der Waals surface area contributed by atoms with Gasteiger partial charge in [0.2, 0.25) is 0 Å². The predicted octanol–water partition coefficient (Wildman–Crippen LogP) is 8.55. The molecule has 190 valence electrons. The summed E-state index contributed by atoms with van der Waals surface area (Å²) in [6, 6.07) is 0. The van der Waals surface area contributed by atoms with Crippen molar-refractivity contribution in [1.29, 1.82) is 0 Å². The Bertz CT molecular complexity index is 572. The van der Waals surface area contributed by atoms with Crippen molar-refractivity contribution in [1.82, 2.24) is 0 Å². The summed E-state index contributed by atoms with van der Waals surface area (Å²) in [6.07, 6.45) is 21.0. The minimum atomic E-state index is -1.60. The fourth-order valence-electron chi connectivity index (χ4n) is 7.77. The van der Waals surface area contributed by atoms with Crippen molar-refractivity contribution in [3.8, 4) is 0 Å². The van der Waals surface area contributed by atoms with E-state index in [0.717, 1.165) is 55.1 Å². The summed E-state index contributed by atoms with van der Waals surface area (Å²) < 4.78 is 36.4. The lowest BCUT2D eigenvalue weighted by atomic mass is 9.69. The zero-order valence-electron chi connectivity index (χ0n) is 21.0. The van der Waals surface area contributed by atoms with Crippen molar-refractivity contribution in [3.63, 3.8) is 0 Å². The van der Waals surface area contributed by atoms with E-state index in [2.05, 4.69) is 6.92 Å². The fraction of sp³-hybridized carbons (Fsp3) is 0.931. The number of hydrogen-bond acceptors (Lipinski definition) is 2. The predicted molar refractivity (Wildman–Crippen MR) is 130 cm³/mol. The maximum atomic E-state index is 12.4. The maximum absolute atomic E-state index is 12.4. The minimum absolute atomic E-state index is 0.359. The molecule has 0 bridgehead atoms. The molecule has 0 aromatic carbocycles. The van der Waals surface area contributed by atoms with E-state index in [-0.39, 0.29) is 6.10 Å². The molecule has 1 saturated heterocycles. The molecule has 0 aromatic heterocycles. The van der Waals surface area contributed by atoms with Crippen molar-refractivity contribution >= 4 is 0 Å². The first-order chi connectivity index (χ1) is 16.1. The zero-order valence-corrected chi connectivity index (χ0v) is 21.0. The van der Waals surface area contributed by atoms with E-state index in [1.165, 1.54) is 89.9 Å². The molecule has 3 saturated carbocycles. The molecule has 4 rings (SSSR count). The van der Waals surface area contributed by atoms with E-state index >= 15 is 0 Å². The standard InChI is InChI=1S/C29H48F2O2/c1-2-32-27-16-13-24(14-17-27)23-9-5-21(6-10-23)3-4-22-7-11-25(12-8-22)26-15-18-28(33-20-26)19-29(30)31/h19,21-28H,2-18,20H2,1H3. The summed E-state index contributed by atoms with van der Waals surface area (Å²) in [5, 5.41) is 0. The van der Waals surface area contributed by atoms with Crippen LogP contribution < -0.4 is 0 Å². The molecule has 1 aliphatic heterocycles. The molecule has 0 N–H and O–H groups in total. The highest BCUT2D eigenvalue weighted by Gasteiger charge is 2.33. The Balaban J connectivity index is 1.07. The van der Waals surface area contributed by atoms with Crippen molar-refractivity contribution in [3.05, 3.63) is 12.2 Å². The number of ether oxygens (including phenoxy) is 2. The van der Waals surface area contributed by atoms with Crippen LogP contribution in [0, 0.1) is 35.5 Å². The highest BCUT2D eigenvalue weighted by Crippen LogP contribution is 2.43. The molecule has 3 aliphatic carbocycles. The van der Waals surface area contributed by atoms with Crippen LogP contribution in [0.2, 0.25) is 0 Å². The van der Waals surface area contributed by atoms with E-state index in [0.29, 0.717) is 18.6 Å². The Morgan fingerprint density at radius 2 is 1.18 bits per heavy atom. The molecule has 4 aliphatic rings. The fourth-order valence-corrected chi connectivity index (χ4v) is 7.77. The van der Waals surface area contributed by atoms with Crippen LogP contribution in [0.5, 0.6) is 0 Å². The lowest BCUT2D eigenvalue weighted by molar-refractivity contribution is -0.0184. The van der Waals surface area contributed by atoms with Crippen molar-refractivity contribution in [2.45, 2.75) is 122 Å². The van der Waals surface area contributed by atoms with Crippen LogP contribution in [0.15, 0.2) is 12.2 Å². The summed E-state index contributed by atoms with van der Waals surface area (Å²) in [5.41, 5.74) is 0. The highest BCUT2D eigenvalue weighted by atomic mass is 19.3. The summed E-state index contributed by atoms with van der Waals surface area (Å²) in [6.45, 7) is 3.68. The van der Waals surface area contributed by atoms with Gasteiger partial charge in [-0.15, -0.1) is 0 Å². The Morgan fingerprint density at radius 1 is 0.697 bits per heavy atom. The smallest absolute Gasteiger partial charge is 0.268 e. The summed E-state index contributed by atoms with van der Waals surface area (Å²) in [5.74, 6) is 5.23. The van der Waals surface area contributed by atoms with Crippen LogP contribution in [-0.4, -0.2) is 25.4 Å². The Morgan fingerprint density at radius 3 is 1.64 bits per heavy atom. The topological polar surface area (TPSA) is 18.5 Å². The molecule has 2 atom stereocenters. The molecular formula is C29H48F2O2. The third-order valence-corrected chi connectivity index (χ3v) is 9.88. The van der Waals surface area contributed by atoms with Gasteiger partial charge in [0.05, 0.1) is 18.8 Å². The highest BCUT2D eigenvalue weighted by molar-refractivity contribution is 4.92.